The van der Waals surface area contributed by atoms with Gasteiger partial charge in [0.15, 0.2) is 5.78 Å². The zero-order valence-corrected chi connectivity index (χ0v) is 29.9. The number of allylic oxidation sites excluding steroid dienone is 1. The zero-order valence-electron chi connectivity index (χ0n) is 28.5. The summed E-state index contributed by atoms with van der Waals surface area (Å²) in [5.41, 5.74) is 6.65. The molecule has 3 aromatic rings. The van der Waals surface area contributed by atoms with E-state index in [9.17, 15) is 19.5 Å². The number of carbonyl (C=O) groups is 3. The van der Waals surface area contributed by atoms with Gasteiger partial charge in [0.05, 0.1) is 13.4 Å². The van der Waals surface area contributed by atoms with Crippen LogP contribution >= 0.6 is 0 Å². The van der Waals surface area contributed by atoms with Gasteiger partial charge in [0.1, 0.15) is 12.5 Å². The predicted octanol–water partition coefficient (Wildman–Crippen LogP) is 1.96. The van der Waals surface area contributed by atoms with Crippen LogP contribution in [0, 0.1) is 31.6 Å². The van der Waals surface area contributed by atoms with Crippen LogP contribution in [0.5, 0.6) is 0 Å². The molecule has 49 heavy (non-hydrogen) atoms. The maximum atomic E-state index is 14.1. The molecule has 0 aromatic carbocycles. The minimum Gasteiger partial charge on any atom is -0.681 e. The number of nitrogens with zero attached hydrogens (tertiary/aromatic N) is 4. The Kier molecular flexibility index (Phi) is 10.4. The summed E-state index contributed by atoms with van der Waals surface area (Å²) in [4.78, 5) is 54.9. The molecule has 1 N–H and O–H groups in total. The van der Waals surface area contributed by atoms with E-state index in [-0.39, 0.29) is 59.7 Å². The van der Waals surface area contributed by atoms with Crippen molar-refractivity contribution in [2.24, 2.45) is 17.8 Å². The van der Waals surface area contributed by atoms with Crippen molar-refractivity contribution in [1.82, 2.24) is 15.0 Å². The van der Waals surface area contributed by atoms with E-state index >= 15 is 0 Å². The molecule has 6 rings (SSSR count). The number of ether oxygens (including phenoxy) is 2. The van der Waals surface area contributed by atoms with E-state index in [1.807, 2.05) is 45.9 Å². The first-order valence-electron chi connectivity index (χ1n) is 16.1. The molecule has 2 aliphatic heterocycles. The number of aromatic nitrogens is 3. The number of Topliss-reactive ketones (excluding diaryl/α,β-unsaturated/α-hetero) is 1. The Hall–Kier alpha value is -4.48. The molecule has 0 saturated carbocycles. The summed E-state index contributed by atoms with van der Waals surface area (Å²) in [5, 5.41) is 17.6. The molecule has 4 atom stereocenters. The molecule has 3 aliphatic rings. The number of ketones is 1. The summed E-state index contributed by atoms with van der Waals surface area (Å²) in [6, 6.07) is -0.645. The maximum Gasteiger partial charge on any atom is 2.00 e. The molecule has 1 aliphatic carbocycles. The van der Waals surface area contributed by atoms with Gasteiger partial charge in [-0.3, -0.25) is 14.4 Å². The number of rotatable bonds is 8. The van der Waals surface area contributed by atoms with Gasteiger partial charge in [-0.05, 0) is 49.3 Å². The van der Waals surface area contributed by atoms with Crippen LogP contribution in [-0.2, 0) is 25.5 Å². The van der Waals surface area contributed by atoms with Crippen molar-refractivity contribution in [2.75, 3.05) is 13.7 Å². The molecule has 0 radical (unpaired) electrons. The van der Waals surface area contributed by atoms with Crippen molar-refractivity contribution in [1.29, 1.82) is 0 Å². The molecule has 250 valence electrons. The first-order chi connectivity index (χ1) is 23.1. The van der Waals surface area contributed by atoms with Crippen LogP contribution in [0.15, 0.2) is 24.9 Å². The first kappa shape index (κ1) is 35.8. The zero-order chi connectivity index (χ0) is 34.4. The second kappa shape index (κ2) is 14.2. The Bertz CT molecular complexity index is 2160. The quantitative estimate of drug-likeness (QED) is 0.165. The van der Waals surface area contributed by atoms with Crippen LogP contribution in [0.2, 0.25) is 0 Å². The molecule has 0 amide bonds. The van der Waals surface area contributed by atoms with Crippen molar-refractivity contribution in [3.63, 3.8) is 0 Å². The third-order valence-electron chi connectivity index (χ3n) is 9.90. The molecule has 8 bridgehead atoms. The number of carbonyl (C=O) groups excluding carboxylic acids is 3. The van der Waals surface area contributed by atoms with Crippen LogP contribution in [0.3, 0.4) is 0 Å². The van der Waals surface area contributed by atoms with Crippen LogP contribution in [0.25, 0.3) is 41.5 Å². The van der Waals surface area contributed by atoms with Gasteiger partial charge < -0.3 is 34.8 Å². The van der Waals surface area contributed by atoms with Crippen LogP contribution < -0.4 is 36.2 Å². The van der Waals surface area contributed by atoms with Crippen molar-refractivity contribution < 1.29 is 29.0 Å². The molecule has 10 nitrogen and oxygen atoms in total. The largest absolute Gasteiger partial charge is 2.00 e. The Morgan fingerprint density at radius 1 is 1.02 bits per heavy atom. The number of fused-ring (bicyclic) bond motifs is 8. The third-order valence-corrected chi connectivity index (χ3v) is 9.90. The summed E-state index contributed by atoms with van der Waals surface area (Å²) in [5.74, 6) is -3.09. The smallest absolute Gasteiger partial charge is 0.681 e. The van der Waals surface area contributed by atoms with E-state index in [1.165, 1.54) is 13.2 Å². The van der Waals surface area contributed by atoms with Crippen molar-refractivity contribution in [3.8, 4) is 0 Å². The van der Waals surface area contributed by atoms with E-state index in [0.717, 1.165) is 28.6 Å². The Labute approximate surface area is 300 Å². The number of methoxy groups -OCH3 is 1. The van der Waals surface area contributed by atoms with Crippen LogP contribution in [0.1, 0.15) is 76.4 Å². The van der Waals surface area contributed by atoms with Gasteiger partial charge in [0, 0.05) is 12.0 Å². The predicted molar refractivity (Wildman–Crippen MR) is 188 cm³/mol. The molecule has 3 aromatic heterocycles. The summed E-state index contributed by atoms with van der Waals surface area (Å²) in [6.45, 7) is 15.5. The summed E-state index contributed by atoms with van der Waals surface area (Å²) in [7, 11) is 1.26. The fourth-order valence-corrected chi connectivity index (χ4v) is 7.36. The van der Waals surface area contributed by atoms with Gasteiger partial charge in [0.25, 0.3) is 0 Å². The van der Waals surface area contributed by atoms with Gasteiger partial charge in [-0.1, -0.05) is 85.7 Å². The Morgan fingerprint density at radius 3 is 2.41 bits per heavy atom. The molecule has 1 saturated heterocycles. The number of aliphatic hydroxyl groups is 1. The second-order valence-electron chi connectivity index (χ2n) is 12.4. The summed E-state index contributed by atoms with van der Waals surface area (Å²) < 4.78 is 10.4. The minimum atomic E-state index is -1.22. The van der Waals surface area contributed by atoms with E-state index in [1.54, 1.807) is 6.08 Å². The molecule has 11 heteroatoms. The molecule has 1 unspecified atom stereocenters. The second-order valence-corrected chi connectivity index (χ2v) is 12.4. The van der Waals surface area contributed by atoms with Gasteiger partial charge in [-0.25, -0.2) is 0 Å². The topological polar surface area (TPSA) is 146 Å². The SMILES string of the molecule is C=CCOC(=O)CC[C@@H]1C2[N-]/C(=C/c3[n-]c(c(C=C)c3C)/C=c3\[n-]c(c(CC)\c3=C\O)/C=c3\[n-]c4c(c3C)C(=O)[C@H](C(=O)OC)C=42)[C@H]1C.[Mg+2]. The Morgan fingerprint density at radius 2 is 1.76 bits per heavy atom. The monoisotopic (exact) mass is 670 g/mol. The van der Waals surface area contributed by atoms with Crippen LogP contribution in [0.4, 0.5) is 0 Å². The number of hydrogen-bond donors (Lipinski definition) is 1. The number of esters is 2. The maximum absolute atomic E-state index is 14.1. The summed E-state index contributed by atoms with van der Waals surface area (Å²) in [6.07, 6.45) is 11.0. The van der Waals surface area contributed by atoms with Crippen molar-refractivity contribution >= 4 is 76.9 Å². The normalized spacial score (nSPS) is 23.3. The molecular formula is C38H38MgN4O6-2. The fraction of sp³-hybridized carbons (Fsp3) is 0.342. The minimum absolute atomic E-state index is 0. The molecule has 1 fully saturated rings. The molecular weight excluding hydrogens is 633 g/mol. The van der Waals surface area contributed by atoms with E-state index < -0.39 is 17.9 Å². The van der Waals surface area contributed by atoms with Gasteiger partial charge in [-0.2, -0.15) is 5.70 Å². The summed E-state index contributed by atoms with van der Waals surface area (Å²) >= 11 is 0. The van der Waals surface area contributed by atoms with Crippen LogP contribution in [-0.4, -0.2) is 65.6 Å². The Balaban J connectivity index is 0.00000468. The molecule has 5 heterocycles. The molecule has 0 spiro atoms. The van der Waals surface area contributed by atoms with Gasteiger partial charge in [-0.15, -0.1) is 33.1 Å². The average Bonchev–Trinajstić information content (AvgIpc) is 3.82. The van der Waals surface area contributed by atoms with E-state index in [0.29, 0.717) is 67.9 Å². The van der Waals surface area contributed by atoms with Crippen molar-refractivity contribution in [3.05, 3.63) is 96.4 Å². The van der Waals surface area contributed by atoms with Gasteiger partial charge in [0.2, 0.25) is 0 Å². The number of aliphatic hydroxyl groups excluding tert-OH is 1. The standard InChI is InChI=1S/C38H38N4O6.Mg/c1-8-13-48-31(44)12-11-23-19(5)26-14-25-18(4)21(9-2)28(39-25)16-30-24(17-43)22(10-3)29(40-30)15-27-20(6)32-36(42-27)33(35(23)41-26)34(37(32)45)38(46)47-7;/h8-9,14-17,19,23,34-35H,1-2,10-13H2,3-7H3,(H,43,45);/q-4;+2/b26-14+,30-16-;/t19-,23-,34+,35?;/m0./s1. The first-order valence-corrected chi connectivity index (χ1v) is 16.1. The average molecular weight is 671 g/mol. The van der Waals surface area contributed by atoms with E-state index in [4.69, 9.17) is 29.7 Å². The fourth-order valence-electron chi connectivity index (χ4n) is 7.36. The van der Waals surface area contributed by atoms with Crippen molar-refractivity contribution in [2.45, 2.75) is 53.0 Å². The van der Waals surface area contributed by atoms with E-state index in [2.05, 4.69) is 13.2 Å². The third kappa shape index (κ3) is 5.92. The number of hydrogen-bond acceptors (Lipinski definition) is 6. The van der Waals surface area contributed by atoms with Gasteiger partial charge >= 0.3 is 35.0 Å².